The van der Waals surface area contributed by atoms with Crippen molar-refractivity contribution >= 4 is 58.0 Å². The maximum absolute atomic E-state index is 5.81. The lowest BCUT2D eigenvalue weighted by molar-refractivity contribution is 0.699. The molecule has 0 aliphatic rings. The van der Waals surface area contributed by atoms with Crippen LogP contribution in [0.2, 0.25) is 0 Å². The highest BCUT2D eigenvalue weighted by Gasteiger charge is 2.40. The third kappa shape index (κ3) is 3.78. The van der Waals surface area contributed by atoms with Gasteiger partial charge in [0, 0.05) is 0 Å². The van der Waals surface area contributed by atoms with Gasteiger partial charge in [0.1, 0.15) is 0 Å². The lowest BCUT2D eigenvalue weighted by atomic mass is 10.2. The topological polar surface area (TPSA) is 0 Å². The molecule has 0 saturated carbocycles. The van der Waals surface area contributed by atoms with Gasteiger partial charge in [-0.3, -0.25) is 0 Å². The zero-order chi connectivity index (χ0) is 9.07. The van der Waals surface area contributed by atoms with Crippen LogP contribution in [0.25, 0.3) is 0 Å². The quantitative estimate of drug-likeness (QED) is 0.649. The molecular weight excluding hydrogens is 249 g/mol. The standard InChI is InChI=1S/C6H8Cl5/c1-2-3-4(7)6(10,11)5(8)9/h4H,2-3H2,1H3. The third-order valence-electron chi connectivity index (χ3n) is 1.19. The molecule has 0 bridgehead atoms. The van der Waals surface area contributed by atoms with E-state index in [1.165, 1.54) is 0 Å². The van der Waals surface area contributed by atoms with Crippen molar-refractivity contribution in [3.05, 3.63) is 4.84 Å². The first-order valence-electron chi connectivity index (χ1n) is 3.13. The van der Waals surface area contributed by atoms with Crippen molar-refractivity contribution in [2.75, 3.05) is 0 Å². The van der Waals surface area contributed by atoms with E-state index in [2.05, 4.69) is 0 Å². The summed E-state index contributed by atoms with van der Waals surface area (Å²) in [6, 6.07) is 0. The van der Waals surface area contributed by atoms with Gasteiger partial charge in [0.25, 0.3) is 0 Å². The molecule has 11 heavy (non-hydrogen) atoms. The summed E-state index contributed by atoms with van der Waals surface area (Å²) in [5.74, 6) is 0. The van der Waals surface area contributed by atoms with Crippen LogP contribution in [-0.4, -0.2) is 9.71 Å². The second-order valence-electron chi connectivity index (χ2n) is 2.14. The first kappa shape index (κ1) is 12.4. The number of rotatable bonds is 4. The van der Waals surface area contributed by atoms with Gasteiger partial charge in [0.05, 0.1) is 5.38 Å². The minimum absolute atomic E-state index is 0.103. The molecule has 0 spiro atoms. The fourth-order valence-corrected chi connectivity index (χ4v) is 1.47. The molecule has 0 aliphatic carbocycles. The Morgan fingerprint density at radius 1 is 1.36 bits per heavy atom. The number of halogens is 5. The molecule has 0 nitrogen and oxygen atoms in total. The van der Waals surface area contributed by atoms with Gasteiger partial charge in [-0.05, 0) is 6.42 Å². The molecule has 1 radical (unpaired) electrons. The zero-order valence-electron chi connectivity index (χ0n) is 5.88. The Kier molecular flexibility index (Phi) is 5.93. The van der Waals surface area contributed by atoms with Crippen LogP contribution in [0, 0.1) is 4.84 Å². The first-order chi connectivity index (χ1) is 4.92. The van der Waals surface area contributed by atoms with Crippen LogP contribution in [0.3, 0.4) is 0 Å². The molecule has 1 atom stereocenters. The molecular formula is C6H8Cl5. The predicted octanol–water partition coefficient (Wildman–Crippen LogP) is 4.53. The van der Waals surface area contributed by atoms with Gasteiger partial charge in [0.15, 0.2) is 9.17 Å². The van der Waals surface area contributed by atoms with Crippen molar-refractivity contribution < 1.29 is 0 Å². The summed E-state index contributed by atoms with van der Waals surface area (Å²) in [5, 5.41) is -0.444. The minimum atomic E-state index is -1.33. The molecule has 5 heteroatoms. The number of hydrogen-bond donors (Lipinski definition) is 0. The molecule has 0 amide bonds. The molecule has 67 valence electrons. The van der Waals surface area contributed by atoms with E-state index in [1.807, 2.05) is 6.92 Å². The molecule has 0 fully saturated rings. The molecule has 0 aromatic rings. The summed E-state index contributed by atoms with van der Waals surface area (Å²) in [4.78, 5) is -0.103. The van der Waals surface area contributed by atoms with E-state index >= 15 is 0 Å². The van der Waals surface area contributed by atoms with Gasteiger partial charge in [-0.2, -0.15) is 0 Å². The second-order valence-corrected chi connectivity index (χ2v) is 5.00. The second kappa shape index (κ2) is 5.24. The fourth-order valence-electron chi connectivity index (χ4n) is 0.553. The monoisotopic (exact) mass is 255 g/mol. The van der Waals surface area contributed by atoms with E-state index in [4.69, 9.17) is 58.0 Å². The lowest BCUT2D eigenvalue weighted by Crippen LogP contribution is -2.28. The number of hydrogen-bond acceptors (Lipinski definition) is 0. The van der Waals surface area contributed by atoms with Crippen molar-refractivity contribution in [1.29, 1.82) is 0 Å². The van der Waals surface area contributed by atoms with Crippen molar-refractivity contribution in [3.8, 4) is 0 Å². The highest BCUT2D eigenvalue weighted by atomic mass is 35.5. The van der Waals surface area contributed by atoms with Gasteiger partial charge < -0.3 is 0 Å². The van der Waals surface area contributed by atoms with Gasteiger partial charge in [-0.25, -0.2) is 0 Å². The summed E-state index contributed by atoms with van der Waals surface area (Å²) in [6.07, 6.45) is 1.56. The van der Waals surface area contributed by atoms with Crippen LogP contribution in [0.1, 0.15) is 19.8 Å². The SMILES string of the molecule is CCCC(Cl)C(Cl)(Cl)[C](Cl)Cl. The van der Waals surface area contributed by atoms with Crippen LogP contribution in [0.5, 0.6) is 0 Å². The average Bonchev–Trinajstić information content (AvgIpc) is 1.88. The van der Waals surface area contributed by atoms with Crippen molar-refractivity contribution in [1.82, 2.24) is 0 Å². The summed E-state index contributed by atoms with van der Waals surface area (Å²) in [6.45, 7) is 1.97. The molecule has 0 aromatic heterocycles. The van der Waals surface area contributed by atoms with Gasteiger partial charge in [-0.15, -0.1) is 11.6 Å². The van der Waals surface area contributed by atoms with Crippen LogP contribution >= 0.6 is 58.0 Å². The van der Waals surface area contributed by atoms with Crippen molar-refractivity contribution in [3.63, 3.8) is 0 Å². The molecule has 0 aromatic carbocycles. The highest BCUT2D eigenvalue weighted by Crippen LogP contribution is 2.44. The van der Waals surface area contributed by atoms with Crippen LogP contribution in [0.15, 0.2) is 0 Å². The average molecular weight is 257 g/mol. The summed E-state index contributed by atoms with van der Waals surface area (Å²) < 4.78 is -1.33. The Morgan fingerprint density at radius 3 is 2.09 bits per heavy atom. The normalized spacial score (nSPS) is 15.5. The van der Waals surface area contributed by atoms with E-state index in [0.29, 0.717) is 6.42 Å². The third-order valence-corrected chi connectivity index (χ3v) is 3.84. The van der Waals surface area contributed by atoms with Crippen LogP contribution < -0.4 is 0 Å². The van der Waals surface area contributed by atoms with E-state index in [1.54, 1.807) is 0 Å². The molecule has 0 rings (SSSR count). The predicted molar refractivity (Wildman–Crippen MR) is 53.9 cm³/mol. The Bertz CT molecular complexity index is 112. The van der Waals surface area contributed by atoms with E-state index in [-0.39, 0.29) is 4.84 Å². The van der Waals surface area contributed by atoms with Crippen LogP contribution in [0.4, 0.5) is 0 Å². The minimum Gasteiger partial charge on any atom is -0.120 e. The molecule has 0 saturated heterocycles. The van der Waals surface area contributed by atoms with Crippen LogP contribution in [-0.2, 0) is 0 Å². The van der Waals surface area contributed by atoms with E-state index in [0.717, 1.165) is 6.42 Å². The first-order valence-corrected chi connectivity index (χ1v) is 5.08. The highest BCUT2D eigenvalue weighted by molar-refractivity contribution is 6.67. The maximum atomic E-state index is 5.81. The summed E-state index contributed by atoms with van der Waals surface area (Å²) in [7, 11) is 0. The molecule has 1 unspecified atom stereocenters. The largest absolute Gasteiger partial charge is 0.188 e. The Hall–Kier alpha value is 1.45. The van der Waals surface area contributed by atoms with E-state index < -0.39 is 9.71 Å². The van der Waals surface area contributed by atoms with Gasteiger partial charge >= 0.3 is 0 Å². The Balaban J connectivity index is 4.05. The van der Waals surface area contributed by atoms with Gasteiger partial charge in [0.2, 0.25) is 0 Å². The smallest absolute Gasteiger partial charge is 0.120 e. The van der Waals surface area contributed by atoms with E-state index in [9.17, 15) is 0 Å². The lowest BCUT2D eigenvalue weighted by Gasteiger charge is -2.24. The number of alkyl halides is 3. The van der Waals surface area contributed by atoms with Crippen molar-refractivity contribution in [2.24, 2.45) is 0 Å². The molecule has 0 N–H and O–H groups in total. The van der Waals surface area contributed by atoms with Gasteiger partial charge in [-0.1, -0.05) is 59.7 Å². The zero-order valence-corrected chi connectivity index (χ0v) is 9.66. The molecule has 0 heterocycles. The summed E-state index contributed by atoms with van der Waals surface area (Å²) >= 11 is 28.1. The molecule has 0 aliphatic heterocycles. The summed E-state index contributed by atoms with van der Waals surface area (Å²) in [5.41, 5.74) is 0. The fraction of sp³-hybridized carbons (Fsp3) is 0.833. The van der Waals surface area contributed by atoms with Crippen molar-refractivity contribution in [2.45, 2.75) is 29.5 Å². The Labute approximate surface area is 92.1 Å². The maximum Gasteiger partial charge on any atom is 0.188 e. The Morgan fingerprint density at radius 2 is 1.82 bits per heavy atom.